The Morgan fingerprint density at radius 3 is 2.59 bits per heavy atom. The van der Waals surface area contributed by atoms with Gasteiger partial charge < -0.3 is 5.32 Å². The van der Waals surface area contributed by atoms with E-state index in [1.807, 2.05) is 24.3 Å². The minimum atomic E-state index is -3.76. The summed E-state index contributed by atoms with van der Waals surface area (Å²) in [6, 6.07) is 11.5. The number of sulfonamides is 1. The van der Waals surface area contributed by atoms with E-state index in [0.717, 1.165) is 10.8 Å². The monoisotopic (exact) mass is 318 g/mol. The van der Waals surface area contributed by atoms with Crippen molar-refractivity contribution in [1.29, 1.82) is 0 Å². The van der Waals surface area contributed by atoms with E-state index < -0.39 is 22.0 Å². The predicted octanol–water partition coefficient (Wildman–Crippen LogP) is 1.81. The van der Waals surface area contributed by atoms with Crippen LogP contribution in [0.15, 0.2) is 60.0 Å². The van der Waals surface area contributed by atoms with E-state index in [2.05, 4.69) is 16.6 Å². The molecular formula is C16H18N2O3S. The highest BCUT2D eigenvalue weighted by Gasteiger charge is 2.21. The molecule has 2 rings (SSSR count). The molecule has 0 aliphatic heterocycles. The van der Waals surface area contributed by atoms with Gasteiger partial charge in [-0.25, -0.2) is 8.42 Å². The second-order valence-corrected chi connectivity index (χ2v) is 6.60. The molecule has 0 fully saturated rings. The number of amides is 1. The average Bonchev–Trinajstić information content (AvgIpc) is 2.51. The second-order valence-electron chi connectivity index (χ2n) is 4.89. The first-order valence-corrected chi connectivity index (χ1v) is 8.32. The Morgan fingerprint density at radius 1 is 1.23 bits per heavy atom. The second kappa shape index (κ2) is 6.72. The van der Waals surface area contributed by atoms with Crippen molar-refractivity contribution < 1.29 is 13.2 Å². The summed E-state index contributed by atoms with van der Waals surface area (Å²) in [4.78, 5) is 11.9. The summed E-state index contributed by atoms with van der Waals surface area (Å²) in [5.41, 5.74) is 0. The fourth-order valence-electron chi connectivity index (χ4n) is 2.01. The molecule has 116 valence electrons. The van der Waals surface area contributed by atoms with Crippen LogP contribution in [-0.2, 0) is 14.8 Å². The number of carbonyl (C=O) groups is 1. The van der Waals surface area contributed by atoms with Crippen LogP contribution in [0.4, 0.5) is 0 Å². The molecule has 0 aromatic heterocycles. The Labute approximate surface area is 130 Å². The third kappa shape index (κ3) is 3.72. The van der Waals surface area contributed by atoms with Gasteiger partial charge in [0.15, 0.2) is 0 Å². The van der Waals surface area contributed by atoms with Gasteiger partial charge in [0.05, 0.1) is 10.9 Å². The fraction of sp³-hybridized carbons (Fsp3) is 0.188. The molecule has 0 unspecified atom stereocenters. The van der Waals surface area contributed by atoms with Crippen molar-refractivity contribution in [3.05, 3.63) is 55.1 Å². The van der Waals surface area contributed by atoms with Crippen molar-refractivity contribution in [2.24, 2.45) is 0 Å². The van der Waals surface area contributed by atoms with Gasteiger partial charge in [0.2, 0.25) is 15.9 Å². The first-order valence-electron chi connectivity index (χ1n) is 6.84. The van der Waals surface area contributed by atoms with Crippen LogP contribution in [0.2, 0.25) is 0 Å². The summed E-state index contributed by atoms with van der Waals surface area (Å²) in [5.74, 6) is -0.399. The van der Waals surface area contributed by atoms with E-state index in [4.69, 9.17) is 0 Å². The summed E-state index contributed by atoms with van der Waals surface area (Å²) in [6.07, 6.45) is 1.53. The fourth-order valence-corrected chi connectivity index (χ4v) is 3.25. The van der Waals surface area contributed by atoms with E-state index in [1.165, 1.54) is 19.1 Å². The lowest BCUT2D eigenvalue weighted by Crippen LogP contribution is -2.44. The molecule has 2 aromatic carbocycles. The summed E-state index contributed by atoms with van der Waals surface area (Å²) in [7, 11) is -3.76. The van der Waals surface area contributed by atoms with Gasteiger partial charge in [-0.15, -0.1) is 6.58 Å². The van der Waals surface area contributed by atoms with Crippen molar-refractivity contribution >= 4 is 26.7 Å². The van der Waals surface area contributed by atoms with Crippen molar-refractivity contribution in [3.8, 4) is 0 Å². The zero-order chi connectivity index (χ0) is 16.2. The zero-order valence-corrected chi connectivity index (χ0v) is 13.1. The Bertz CT molecular complexity index is 800. The minimum Gasteiger partial charge on any atom is -0.351 e. The lowest BCUT2D eigenvalue weighted by Gasteiger charge is -2.14. The van der Waals surface area contributed by atoms with Gasteiger partial charge >= 0.3 is 0 Å². The molecule has 6 heteroatoms. The Kier molecular flexibility index (Phi) is 4.95. The van der Waals surface area contributed by atoms with Gasteiger partial charge in [-0.2, -0.15) is 4.72 Å². The van der Waals surface area contributed by atoms with Gasteiger partial charge in [-0.1, -0.05) is 36.4 Å². The highest BCUT2D eigenvalue weighted by molar-refractivity contribution is 7.89. The maximum Gasteiger partial charge on any atom is 0.241 e. The van der Waals surface area contributed by atoms with Crippen molar-refractivity contribution in [1.82, 2.24) is 10.0 Å². The van der Waals surface area contributed by atoms with E-state index in [0.29, 0.717) is 6.54 Å². The number of hydrogen-bond donors (Lipinski definition) is 2. The van der Waals surface area contributed by atoms with Crippen LogP contribution < -0.4 is 10.0 Å². The van der Waals surface area contributed by atoms with Crippen LogP contribution in [0.3, 0.4) is 0 Å². The van der Waals surface area contributed by atoms with Crippen LogP contribution in [0, 0.1) is 0 Å². The maximum atomic E-state index is 12.4. The van der Waals surface area contributed by atoms with E-state index in [-0.39, 0.29) is 4.90 Å². The molecular weight excluding hydrogens is 300 g/mol. The van der Waals surface area contributed by atoms with Gasteiger partial charge in [0.1, 0.15) is 0 Å². The third-order valence-electron chi connectivity index (χ3n) is 3.18. The van der Waals surface area contributed by atoms with E-state index >= 15 is 0 Å². The van der Waals surface area contributed by atoms with Gasteiger partial charge in [0.25, 0.3) is 0 Å². The number of fused-ring (bicyclic) bond motifs is 1. The van der Waals surface area contributed by atoms with Crippen LogP contribution in [0.1, 0.15) is 6.92 Å². The van der Waals surface area contributed by atoms with Crippen LogP contribution in [-0.4, -0.2) is 26.9 Å². The number of rotatable bonds is 6. The summed E-state index contributed by atoms with van der Waals surface area (Å²) >= 11 is 0. The van der Waals surface area contributed by atoms with Crippen LogP contribution in [0.5, 0.6) is 0 Å². The normalized spacial score (nSPS) is 12.8. The van der Waals surface area contributed by atoms with Crippen LogP contribution >= 0.6 is 0 Å². The lowest BCUT2D eigenvalue weighted by atomic mass is 10.1. The molecule has 0 heterocycles. The predicted molar refractivity (Wildman–Crippen MR) is 86.9 cm³/mol. The Balaban J connectivity index is 2.21. The topological polar surface area (TPSA) is 75.3 Å². The molecule has 1 atom stereocenters. The number of benzene rings is 2. The average molecular weight is 318 g/mol. The number of carbonyl (C=O) groups excluding carboxylic acids is 1. The molecule has 2 aromatic rings. The largest absolute Gasteiger partial charge is 0.351 e. The van der Waals surface area contributed by atoms with Crippen molar-refractivity contribution in [3.63, 3.8) is 0 Å². The number of hydrogen-bond acceptors (Lipinski definition) is 3. The molecule has 22 heavy (non-hydrogen) atoms. The first kappa shape index (κ1) is 16.2. The Morgan fingerprint density at radius 2 is 1.91 bits per heavy atom. The molecule has 0 bridgehead atoms. The van der Waals surface area contributed by atoms with Crippen molar-refractivity contribution in [2.75, 3.05) is 6.54 Å². The highest BCUT2D eigenvalue weighted by atomic mass is 32.2. The third-order valence-corrected chi connectivity index (χ3v) is 4.72. The quantitative estimate of drug-likeness (QED) is 0.798. The standard InChI is InChI=1S/C16H18N2O3S/c1-3-10-17-16(19)12(2)18-22(20,21)15-9-8-13-6-4-5-7-14(13)11-15/h3-9,11-12,18H,1,10H2,2H3,(H,17,19)/t12-/m0/s1. The number of nitrogens with one attached hydrogen (secondary N) is 2. The van der Waals surface area contributed by atoms with Gasteiger partial charge in [0, 0.05) is 6.54 Å². The smallest absolute Gasteiger partial charge is 0.241 e. The molecule has 0 aliphatic rings. The maximum absolute atomic E-state index is 12.4. The highest BCUT2D eigenvalue weighted by Crippen LogP contribution is 2.19. The van der Waals surface area contributed by atoms with Crippen LogP contribution in [0.25, 0.3) is 10.8 Å². The van der Waals surface area contributed by atoms with E-state index in [9.17, 15) is 13.2 Å². The van der Waals surface area contributed by atoms with E-state index in [1.54, 1.807) is 12.1 Å². The lowest BCUT2D eigenvalue weighted by molar-refractivity contribution is -0.122. The summed E-state index contributed by atoms with van der Waals surface area (Å²) in [6.45, 7) is 5.28. The summed E-state index contributed by atoms with van der Waals surface area (Å²) in [5, 5.41) is 4.34. The molecule has 0 spiro atoms. The first-order chi connectivity index (χ1) is 10.4. The molecule has 0 aliphatic carbocycles. The molecule has 2 N–H and O–H groups in total. The zero-order valence-electron chi connectivity index (χ0n) is 12.2. The Hall–Kier alpha value is -2.18. The molecule has 0 saturated carbocycles. The van der Waals surface area contributed by atoms with Gasteiger partial charge in [-0.3, -0.25) is 4.79 Å². The van der Waals surface area contributed by atoms with Gasteiger partial charge in [-0.05, 0) is 29.8 Å². The minimum absolute atomic E-state index is 0.134. The molecule has 0 saturated heterocycles. The SMILES string of the molecule is C=CCNC(=O)[C@H](C)NS(=O)(=O)c1ccc2ccccc2c1. The van der Waals surface area contributed by atoms with Crippen molar-refractivity contribution in [2.45, 2.75) is 17.9 Å². The molecule has 1 amide bonds. The molecule has 5 nitrogen and oxygen atoms in total. The summed E-state index contributed by atoms with van der Waals surface area (Å²) < 4.78 is 27.1. The molecule has 0 radical (unpaired) electrons.